The highest BCUT2D eigenvalue weighted by molar-refractivity contribution is 5.79. The van der Waals surface area contributed by atoms with Crippen molar-refractivity contribution in [3.05, 3.63) is 11.4 Å². The zero-order valence-electron chi connectivity index (χ0n) is 7.05. The summed E-state index contributed by atoms with van der Waals surface area (Å²) >= 11 is 0. The van der Waals surface area contributed by atoms with Gasteiger partial charge in [-0.1, -0.05) is 0 Å². The van der Waals surface area contributed by atoms with Crippen LogP contribution in [0.3, 0.4) is 0 Å². The second-order valence-corrected chi connectivity index (χ2v) is 2.45. The standard InChI is InChI=1S/C8H14N2O2/c1-9-7-8(12)10-5-3-2-4-6-11/h11H,2-7H2,(H,10,12). The van der Waals surface area contributed by atoms with Crippen molar-refractivity contribution in [1.29, 1.82) is 0 Å². The van der Waals surface area contributed by atoms with E-state index in [1.165, 1.54) is 0 Å². The van der Waals surface area contributed by atoms with E-state index in [-0.39, 0.29) is 19.1 Å². The van der Waals surface area contributed by atoms with E-state index in [1.807, 2.05) is 0 Å². The molecule has 0 spiro atoms. The maximum absolute atomic E-state index is 10.7. The molecule has 0 heterocycles. The second kappa shape index (κ2) is 8.02. The number of carbonyl (C=O) groups is 1. The quantitative estimate of drug-likeness (QED) is 0.441. The van der Waals surface area contributed by atoms with Crippen LogP contribution < -0.4 is 5.32 Å². The normalized spacial score (nSPS) is 9.00. The summed E-state index contributed by atoms with van der Waals surface area (Å²) in [7, 11) is 0. The van der Waals surface area contributed by atoms with Crippen molar-refractivity contribution in [3.8, 4) is 0 Å². The SMILES string of the molecule is [C-]#[N+]CC(=O)NCCCCCO. The molecular weight excluding hydrogens is 156 g/mol. The lowest BCUT2D eigenvalue weighted by Crippen LogP contribution is -2.26. The van der Waals surface area contributed by atoms with Gasteiger partial charge in [0.25, 0.3) is 12.5 Å². The average Bonchev–Trinajstić information content (AvgIpc) is 2.05. The number of aliphatic hydroxyl groups excluding tert-OH is 1. The smallest absolute Gasteiger partial charge is 0.300 e. The largest absolute Gasteiger partial charge is 0.396 e. The van der Waals surface area contributed by atoms with E-state index in [0.29, 0.717) is 6.54 Å². The Bertz CT molecular complexity index is 163. The second-order valence-electron chi connectivity index (χ2n) is 2.45. The van der Waals surface area contributed by atoms with Gasteiger partial charge in [0, 0.05) is 13.2 Å². The Morgan fingerprint density at radius 3 is 2.75 bits per heavy atom. The third-order valence-corrected chi connectivity index (χ3v) is 1.38. The minimum atomic E-state index is -0.214. The number of hydrogen-bond donors (Lipinski definition) is 2. The average molecular weight is 170 g/mol. The number of nitrogens with zero attached hydrogens (tertiary/aromatic N) is 1. The first-order chi connectivity index (χ1) is 5.81. The molecule has 0 radical (unpaired) electrons. The third-order valence-electron chi connectivity index (χ3n) is 1.38. The number of carbonyl (C=O) groups excluding carboxylic acids is 1. The lowest BCUT2D eigenvalue weighted by Gasteiger charge is -1.99. The van der Waals surface area contributed by atoms with E-state index in [0.717, 1.165) is 19.3 Å². The van der Waals surface area contributed by atoms with Crippen LogP contribution in [0.1, 0.15) is 19.3 Å². The summed E-state index contributed by atoms with van der Waals surface area (Å²) in [6.45, 7) is 7.14. The molecule has 0 atom stereocenters. The van der Waals surface area contributed by atoms with Gasteiger partial charge in [0.15, 0.2) is 0 Å². The van der Waals surface area contributed by atoms with Crippen LogP contribution in [-0.2, 0) is 4.79 Å². The van der Waals surface area contributed by atoms with Gasteiger partial charge in [-0.2, -0.15) is 0 Å². The fourth-order valence-corrected chi connectivity index (χ4v) is 0.769. The van der Waals surface area contributed by atoms with Crippen molar-refractivity contribution in [1.82, 2.24) is 5.32 Å². The van der Waals surface area contributed by atoms with Gasteiger partial charge in [0.2, 0.25) is 0 Å². The predicted octanol–water partition coefficient (Wildman–Crippen LogP) is 0.184. The molecule has 0 aliphatic heterocycles. The summed E-state index contributed by atoms with van der Waals surface area (Å²) in [5, 5.41) is 11.0. The van der Waals surface area contributed by atoms with Gasteiger partial charge >= 0.3 is 0 Å². The monoisotopic (exact) mass is 170 g/mol. The van der Waals surface area contributed by atoms with Crippen LogP contribution in [-0.4, -0.2) is 30.7 Å². The number of aliphatic hydroxyl groups is 1. The Balaban J connectivity index is 3.10. The lowest BCUT2D eigenvalue weighted by atomic mass is 10.2. The fraction of sp³-hybridized carbons (Fsp3) is 0.750. The molecule has 4 nitrogen and oxygen atoms in total. The van der Waals surface area contributed by atoms with Crippen LogP contribution in [0.2, 0.25) is 0 Å². The first kappa shape index (κ1) is 10.9. The van der Waals surface area contributed by atoms with Gasteiger partial charge in [0.1, 0.15) is 0 Å². The molecule has 0 aliphatic rings. The molecule has 12 heavy (non-hydrogen) atoms. The van der Waals surface area contributed by atoms with E-state index in [4.69, 9.17) is 11.7 Å². The molecule has 0 aromatic rings. The van der Waals surface area contributed by atoms with Crippen LogP contribution >= 0.6 is 0 Å². The van der Waals surface area contributed by atoms with Crippen molar-refractivity contribution in [3.63, 3.8) is 0 Å². The molecule has 0 aliphatic carbocycles. The molecule has 0 aromatic carbocycles. The van der Waals surface area contributed by atoms with Gasteiger partial charge in [-0.05, 0) is 19.3 Å². The van der Waals surface area contributed by atoms with E-state index >= 15 is 0 Å². The highest BCUT2D eigenvalue weighted by Gasteiger charge is 2.00. The zero-order valence-corrected chi connectivity index (χ0v) is 7.05. The number of hydrogen-bond acceptors (Lipinski definition) is 2. The lowest BCUT2D eigenvalue weighted by molar-refractivity contribution is -0.119. The molecule has 0 fully saturated rings. The number of amides is 1. The highest BCUT2D eigenvalue weighted by atomic mass is 16.2. The molecular formula is C8H14N2O2. The maximum atomic E-state index is 10.7. The van der Waals surface area contributed by atoms with Crippen LogP contribution in [0.5, 0.6) is 0 Å². The van der Waals surface area contributed by atoms with Crippen LogP contribution in [0.4, 0.5) is 0 Å². The summed E-state index contributed by atoms with van der Waals surface area (Å²) in [6, 6.07) is 0. The van der Waals surface area contributed by atoms with Crippen molar-refractivity contribution >= 4 is 5.91 Å². The fourth-order valence-electron chi connectivity index (χ4n) is 0.769. The van der Waals surface area contributed by atoms with Gasteiger partial charge < -0.3 is 15.3 Å². The summed E-state index contributed by atoms with van der Waals surface area (Å²) in [5.41, 5.74) is 0. The predicted molar refractivity (Wildman–Crippen MR) is 45.4 cm³/mol. The van der Waals surface area contributed by atoms with Crippen LogP contribution in [0.15, 0.2) is 0 Å². The molecule has 4 heteroatoms. The molecule has 68 valence electrons. The van der Waals surface area contributed by atoms with Gasteiger partial charge in [-0.25, -0.2) is 6.57 Å². The molecule has 0 unspecified atom stereocenters. The van der Waals surface area contributed by atoms with Crippen molar-refractivity contribution < 1.29 is 9.90 Å². The van der Waals surface area contributed by atoms with Gasteiger partial charge in [0.05, 0.1) is 0 Å². The minimum Gasteiger partial charge on any atom is -0.396 e. The van der Waals surface area contributed by atoms with Crippen molar-refractivity contribution in [2.75, 3.05) is 19.7 Å². The van der Waals surface area contributed by atoms with E-state index in [1.54, 1.807) is 0 Å². The number of unbranched alkanes of at least 4 members (excludes halogenated alkanes) is 2. The summed E-state index contributed by atoms with van der Waals surface area (Å²) in [6.07, 6.45) is 2.55. The van der Waals surface area contributed by atoms with Crippen LogP contribution in [0, 0.1) is 6.57 Å². The van der Waals surface area contributed by atoms with Crippen molar-refractivity contribution in [2.45, 2.75) is 19.3 Å². The van der Waals surface area contributed by atoms with Crippen LogP contribution in [0.25, 0.3) is 4.85 Å². The zero-order chi connectivity index (χ0) is 9.23. The Morgan fingerprint density at radius 2 is 2.17 bits per heavy atom. The van der Waals surface area contributed by atoms with E-state index < -0.39 is 0 Å². The van der Waals surface area contributed by atoms with E-state index in [9.17, 15) is 4.79 Å². The molecule has 1 amide bonds. The number of rotatable bonds is 6. The van der Waals surface area contributed by atoms with Gasteiger partial charge in [-0.15, -0.1) is 0 Å². The molecule has 0 saturated carbocycles. The number of nitrogens with one attached hydrogen (secondary N) is 1. The topological polar surface area (TPSA) is 53.7 Å². The molecule has 0 rings (SSSR count). The first-order valence-corrected chi connectivity index (χ1v) is 4.02. The Kier molecular flexibility index (Phi) is 7.30. The summed E-state index contributed by atoms with van der Waals surface area (Å²) < 4.78 is 0. The molecule has 0 aromatic heterocycles. The molecule has 0 saturated heterocycles. The third kappa shape index (κ3) is 7.03. The first-order valence-electron chi connectivity index (χ1n) is 4.02. The van der Waals surface area contributed by atoms with Crippen molar-refractivity contribution in [2.24, 2.45) is 0 Å². The Morgan fingerprint density at radius 1 is 1.42 bits per heavy atom. The van der Waals surface area contributed by atoms with E-state index in [2.05, 4.69) is 10.2 Å². The summed E-state index contributed by atoms with van der Waals surface area (Å²) in [4.78, 5) is 13.7. The Hall–Kier alpha value is -1.08. The minimum absolute atomic E-state index is 0.0833. The maximum Gasteiger partial charge on any atom is 0.300 e. The summed E-state index contributed by atoms with van der Waals surface area (Å²) in [5.74, 6) is -0.214. The highest BCUT2D eigenvalue weighted by Crippen LogP contribution is 1.91. The molecule has 2 N–H and O–H groups in total. The Labute approximate surface area is 72.4 Å². The van der Waals surface area contributed by atoms with Gasteiger partial charge in [-0.3, -0.25) is 4.79 Å². The molecule has 0 bridgehead atoms.